The molecule has 1 fully saturated rings. The molecule has 2 aromatic carbocycles. The van der Waals surface area contributed by atoms with Gasteiger partial charge in [-0.05, 0) is 67.3 Å². The number of nitrogens with one attached hydrogen (secondary N) is 2. The molecule has 5 nitrogen and oxygen atoms in total. The molecule has 140 valence electrons. The Bertz CT molecular complexity index is 849. The largest absolute Gasteiger partial charge is 0.324 e. The number of carbonyl (C=O) groups is 2. The molecule has 1 saturated heterocycles. The van der Waals surface area contributed by atoms with E-state index in [1.807, 2.05) is 30.3 Å². The van der Waals surface area contributed by atoms with Crippen LogP contribution < -0.4 is 10.6 Å². The molecule has 7 heteroatoms. The minimum absolute atomic E-state index is 0.0353. The lowest BCUT2D eigenvalue weighted by Gasteiger charge is -2.25. The van der Waals surface area contributed by atoms with E-state index in [2.05, 4.69) is 14.9 Å². The van der Waals surface area contributed by atoms with Crippen LogP contribution in [0.1, 0.15) is 29.6 Å². The van der Waals surface area contributed by atoms with Crippen molar-refractivity contribution in [2.75, 3.05) is 29.5 Å². The first-order valence-corrected chi connectivity index (χ1v) is 10.8. The molecule has 0 aliphatic carbocycles. The second-order valence-electron chi connectivity index (χ2n) is 6.61. The van der Waals surface area contributed by atoms with E-state index in [9.17, 15) is 9.59 Å². The monoisotopic (exact) mass is 399 g/mol. The third-order valence-electron chi connectivity index (χ3n) is 4.54. The average Bonchev–Trinajstić information content (AvgIpc) is 2.69. The van der Waals surface area contributed by atoms with Gasteiger partial charge in [0.05, 0.1) is 11.4 Å². The van der Waals surface area contributed by atoms with E-state index in [1.54, 1.807) is 24.1 Å². The van der Waals surface area contributed by atoms with Gasteiger partial charge in [-0.3, -0.25) is 9.59 Å². The number of piperidine rings is 1. The highest BCUT2D eigenvalue weighted by Crippen LogP contribution is 2.32. The van der Waals surface area contributed by atoms with E-state index in [-0.39, 0.29) is 11.8 Å². The number of nitrogens with zero attached hydrogens (tertiary/aromatic N) is 1. The maximum absolute atomic E-state index is 12.5. The van der Waals surface area contributed by atoms with Crippen LogP contribution in [0.15, 0.2) is 52.3 Å². The molecule has 2 aliphatic heterocycles. The second kappa shape index (κ2) is 8.37. The second-order valence-corrected chi connectivity index (χ2v) is 8.79. The van der Waals surface area contributed by atoms with Gasteiger partial charge in [0.2, 0.25) is 5.91 Å². The predicted molar refractivity (Wildman–Crippen MR) is 111 cm³/mol. The van der Waals surface area contributed by atoms with Gasteiger partial charge in [0.1, 0.15) is 0 Å². The predicted octanol–water partition coefficient (Wildman–Crippen LogP) is 4.48. The van der Waals surface area contributed by atoms with Crippen LogP contribution in [0, 0.1) is 0 Å². The quantitative estimate of drug-likeness (QED) is 0.743. The fourth-order valence-corrected chi connectivity index (χ4v) is 4.92. The van der Waals surface area contributed by atoms with E-state index in [4.69, 9.17) is 0 Å². The Morgan fingerprint density at radius 3 is 2.63 bits per heavy atom. The number of thioether (sulfide) groups is 1. The summed E-state index contributed by atoms with van der Waals surface area (Å²) in [6.45, 7) is 2.27. The molecule has 2 heterocycles. The van der Waals surface area contributed by atoms with Crippen LogP contribution in [0.3, 0.4) is 0 Å². The molecule has 2 aromatic rings. The maximum atomic E-state index is 12.5. The Morgan fingerprint density at radius 2 is 1.85 bits per heavy atom. The van der Waals surface area contributed by atoms with Gasteiger partial charge in [0.25, 0.3) is 5.91 Å². The highest BCUT2D eigenvalue weighted by atomic mass is 32.2. The summed E-state index contributed by atoms with van der Waals surface area (Å²) < 4.78 is 2.40. The van der Waals surface area contributed by atoms with Crippen LogP contribution in [0.5, 0.6) is 0 Å². The van der Waals surface area contributed by atoms with Gasteiger partial charge < -0.3 is 10.6 Å². The summed E-state index contributed by atoms with van der Waals surface area (Å²) in [5.41, 5.74) is 2.00. The van der Waals surface area contributed by atoms with Crippen molar-refractivity contribution in [3.63, 3.8) is 0 Å². The number of fused-ring (bicyclic) bond motifs is 1. The van der Waals surface area contributed by atoms with Crippen molar-refractivity contribution in [1.82, 2.24) is 4.31 Å². The molecule has 0 aromatic heterocycles. The normalized spacial score (nSPS) is 17.1. The summed E-state index contributed by atoms with van der Waals surface area (Å²) in [4.78, 5) is 26.2. The third kappa shape index (κ3) is 4.66. The molecular weight excluding hydrogens is 378 g/mol. The van der Waals surface area contributed by atoms with Crippen molar-refractivity contribution < 1.29 is 9.59 Å². The van der Waals surface area contributed by atoms with Crippen molar-refractivity contribution in [3.8, 4) is 0 Å². The van der Waals surface area contributed by atoms with Gasteiger partial charge in [-0.15, -0.1) is 11.8 Å². The molecule has 0 atom stereocenters. The summed E-state index contributed by atoms with van der Waals surface area (Å²) in [6.07, 6.45) is 3.86. The van der Waals surface area contributed by atoms with Gasteiger partial charge in [0, 0.05) is 34.1 Å². The van der Waals surface area contributed by atoms with Crippen molar-refractivity contribution in [1.29, 1.82) is 0 Å². The lowest BCUT2D eigenvalue weighted by Crippen LogP contribution is -2.22. The SMILES string of the molecule is O=C1CSc2ccc(C(=O)Nc3ccc(SN4CCCCC4)cc3)cc2N1. The van der Waals surface area contributed by atoms with Crippen LogP contribution in [0.2, 0.25) is 0 Å². The highest BCUT2D eigenvalue weighted by Gasteiger charge is 2.17. The molecule has 0 saturated carbocycles. The van der Waals surface area contributed by atoms with Crippen LogP contribution in [-0.2, 0) is 4.79 Å². The van der Waals surface area contributed by atoms with Crippen LogP contribution in [0.25, 0.3) is 0 Å². The van der Waals surface area contributed by atoms with Gasteiger partial charge in [-0.2, -0.15) is 0 Å². The number of rotatable bonds is 4. The zero-order valence-corrected chi connectivity index (χ0v) is 16.5. The Hall–Kier alpha value is -1.96. The number of benzene rings is 2. The number of anilines is 2. The summed E-state index contributed by atoms with van der Waals surface area (Å²) in [7, 11) is 0. The number of carbonyl (C=O) groups excluding carboxylic acids is 2. The first kappa shape index (κ1) is 18.4. The van der Waals surface area contributed by atoms with Gasteiger partial charge in [-0.25, -0.2) is 4.31 Å². The van der Waals surface area contributed by atoms with Gasteiger partial charge in [0.15, 0.2) is 0 Å². The lowest BCUT2D eigenvalue weighted by atomic mass is 10.1. The van der Waals surface area contributed by atoms with Crippen LogP contribution >= 0.6 is 23.7 Å². The number of amides is 2. The van der Waals surface area contributed by atoms with Crippen molar-refractivity contribution in [3.05, 3.63) is 48.0 Å². The fraction of sp³-hybridized carbons (Fsp3) is 0.300. The summed E-state index contributed by atoms with van der Waals surface area (Å²) in [6, 6.07) is 13.3. The molecule has 0 unspecified atom stereocenters. The Kier molecular flexibility index (Phi) is 5.71. The number of hydrogen-bond acceptors (Lipinski definition) is 5. The Morgan fingerprint density at radius 1 is 1.07 bits per heavy atom. The fourth-order valence-electron chi connectivity index (χ4n) is 3.13. The minimum Gasteiger partial charge on any atom is -0.324 e. The smallest absolute Gasteiger partial charge is 0.255 e. The molecule has 2 N–H and O–H groups in total. The summed E-state index contributed by atoms with van der Waals surface area (Å²) in [5, 5.41) is 5.74. The van der Waals surface area contributed by atoms with Crippen molar-refractivity contribution >= 4 is 46.9 Å². The van der Waals surface area contributed by atoms with E-state index in [0.717, 1.165) is 23.7 Å². The first-order chi connectivity index (χ1) is 13.2. The van der Waals surface area contributed by atoms with Gasteiger partial charge >= 0.3 is 0 Å². The third-order valence-corrected chi connectivity index (χ3v) is 6.72. The topological polar surface area (TPSA) is 61.4 Å². The van der Waals surface area contributed by atoms with E-state index < -0.39 is 0 Å². The van der Waals surface area contributed by atoms with E-state index >= 15 is 0 Å². The molecule has 27 heavy (non-hydrogen) atoms. The zero-order valence-electron chi connectivity index (χ0n) is 14.9. The molecule has 2 amide bonds. The van der Waals surface area contributed by atoms with Crippen molar-refractivity contribution in [2.45, 2.75) is 29.1 Å². The Labute approximate surface area is 167 Å². The summed E-state index contributed by atoms with van der Waals surface area (Å²) >= 11 is 3.27. The average molecular weight is 400 g/mol. The summed E-state index contributed by atoms with van der Waals surface area (Å²) in [5.74, 6) is 0.200. The molecule has 4 rings (SSSR count). The molecule has 2 aliphatic rings. The highest BCUT2D eigenvalue weighted by molar-refractivity contribution is 8.00. The van der Waals surface area contributed by atoms with Gasteiger partial charge in [-0.1, -0.05) is 6.42 Å². The molecule has 0 spiro atoms. The lowest BCUT2D eigenvalue weighted by molar-refractivity contribution is -0.113. The van der Waals surface area contributed by atoms with Crippen molar-refractivity contribution in [2.24, 2.45) is 0 Å². The molecule has 0 bridgehead atoms. The zero-order chi connectivity index (χ0) is 18.6. The molecule has 0 radical (unpaired) electrons. The standard InChI is InChI=1S/C20H21N3O2S2/c24-19-13-26-18-9-4-14(12-17(18)22-19)20(25)21-15-5-7-16(8-6-15)27-23-10-2-1-3-11-23/h4-9,12H,1-3,10-11,13H2,(H,21,25)(H,22,24). The first-order valence-electron chi connectivity index (χ1n) is 9.08. The van der Waals surface area contributed by atoms with Crippen LogP contribution in [-0.4, -0.2) is 35.0 Å². The van der Waals surface area contributed by atoms with E-state index in [0.29, 0.717) is 17.0 Å². The van der Waals surface area contributed by atoms with Crippen LogP contribution in [0.4, 0.5) is 11.4 Å². The number of hydrogen-bond donors (Lipinski definition) is 2. The Balaban J connectivity index is 1.39. The maximum Gasteiger partial charge on any atom is 0.255 e. The minimum atomic E-state index is -0.181. The van der Waals surface area contributed by atoms with E-state index in [1.165, 1.54) is 35.9 Å². The molecular formula is C20H21N3O2S2.